The third-order valence-electron chi connectivity index (χ3n) is 5.77. The highest BCUT2D eigenvalue weighted by atomic mass is 15.3. The van der Waals surface area contributed by atoms with Crippen molar-refractivity contribution in [1.29, 1.82) is 0 Å². The largest absolute Gasteiger partial charge is 0.324 e. The number of likely N-dealkylation sites (tertiary alicyclic amines) is 1. The second-order valence-electron chi connectivity index (χ2n) is 8.18. The van der Waals surface area contributed by atoms with Crippen LogP contribution in [0.2, 0.25) is 0 Å². The van der Waals surface area contributed by atoms with Crippen molar-refractivity contribution in [1.82, 2.24) is 14.7 Å². The fraction of sp³-hybridized carbons (Fsp3) is 0.591. The zero-order chi connectivity index (χ0) is 18.7. The Kier molecular flexibility index (Phi) is 6.15. The first-order chi connectivity index (χ1) is 12.5. The standard InChI is InChI=1S/C22H34N4/c1-16(2)22-14-17(3)24-26(22)20-10-12-25(13-11-20)18(4)15-21(23)19-8-6-5-7-9-19/h5-9,14,16,18,20-21H,10-13,15,23H2,1-4H3. The van der Waals surface area contributed by atoms with E-state index in [-0.39, 0.29) is 6.04 Å². The third-order valence-corrected chi connectivity index (χ3v) is 5.77. The van der Waals surface area contributed by atoms with Crippen LogP contribution in [-0.2, 0) is 0 Å². The van der Waals surface area contributed by atoms with E-state index in [1.54, 1.807) is 0 Å². The van der Waals surface area contributed by atoms with Gasteiger partial charge in [0.15, 0.2) is 0 Å². The van der Waals surface area contributed by atoms with Crippen molar-refractivity contribution in [3.63, 3.8) is 0 Å². The lowest BCUT2D eigenvalue weighted by Gasteiger charge is -2.37. The summed E-state index contributed by atoms with van der Waals surface area (Å²) in [6.45, 7) is 11.2. The van der Waals surface area contributed by atoms with Gasteiger partial charge in [-0.05, 0) is 50.7 Å². The van der Waals surface area contributed by atoms with E-state index in [4.69, 9.17) is 10.8 Å². The molecule has 2 N–H and O–H groups in total. The van der Waals surface area contributed by atoms with Crippen LogP contribution in [0.3, 0.4) is 0 Å². The average Bonchev–Trinajstić information content (AvgIpc) is 3.04. The molecule has 26 heavy (non-hydrogen) atoms. The van der Waals surface area contributed by atoms with Crippen molar-refractivity contribution < 1.29 is 0 Å². The van der Waals surface area contributed by atoms with Crippen LogP contribution in [0.25, 0.3) is 0 Å². The molecule has 1 aliphatic rings. The Bertz CT molecular complexity index is 683. The normalized spacial score (nSPS) is 19.0. The molecule has 1 fully saturated rings. The van der Waals surface area contributed by atoms with Crippen molar-refractivity contribution >= 4 is 0 Å². The number of piperidine rings is 1. The van der Waals surface area contributed by atoms with Crippen molar-refractivity contribution in [3.05, 3.63) is 53.3 Å². The van der Waals surface area contributed by atoms with Gasteiger partial charge in [0, 0.05) is 30.9 Å². The molecule has 2 unspecified atom stereocenters. The van der Waals surface area contributed by atoms with Crippen molar-refractivity contribution in [2.45, 2.75) is 71.0 Å². The van der Waals surface area contributed by atoms with Gasteiger partial charge in [-0.3, -0.25) is 4.68 Å². The molecular weight excluding hydrogens is 320 g/mol. The van der Waals surface area contributed by atoms with Crippen molar-refractivity contribution in [3.8, 4) is 0 Å². The number of benzene rings is 1. The second-order valence-corrected chi connectivity index (χ2v) is 8.18. The topological polar surface area (TPSA) is 47.1 Å². The molecule has 0 amide bonds. The van der Waals surface area contributed by atoms with Crippen LogP contribution < -0.4 is 5.73 Å². The van der Waals surface area contributed by atoms with E-state index in [0.717, 1.165) is 25.2 Å². The van der Waals surface area contributed by atoms with Crippen LogP contribution in [0.15, 0.2) is 36.4 Å². The van der Waals surface area contributed by atoms with Gasteiger partial charge in [0.1, 0.15) is 0 Å². The number of hydrogen-bond donors (Lipinski definition) is 1. The molecule has 2 heterocycles. The summed E-state index contributed by atoms with van der Waals surface area (Å²) in [6.07, 6.45) is 3.35. The summed E-state index contributed by atoms with van der Waals surface area (Å²) in [7, 11) is 0. The van der Waals surface area contributed by atoms with Crippen molar-refractivity contribution in [2.24, 2.45) is 5.73 Å². The maximum atomic E-state index is 6.44. The zero-order valence-electron chi connectivity index (χ0n) is 16.7. The number of rotatable bonds is 6. The van der Waals surface area contributed by atoms with Crippen LogP contribution in [0, 0.1) is 6.92 Å². The van der Waals surface area contributed by atoms with Crippen LogP contribution in [0.4, 0.5) is 0 Å². The van der Waals surface area contributed by atoms with Crippen molar-refractivity contribution in [2.75, 3.05) is 13.1 Å². The summed E-state index contributed by atoms with van der Waals surface area (Å²) in [5, 5.41) is 4.79. The van der Waals surface area contributed by atoms with Crippen LogP contribution in [-0.4, -0.2) is 33.8 Å². The number of nitrogens with two attached hydrogens (primary N) is 1. The predicted octanol–water partition coefficient (Wildman–Crippen LogP) is 4.43. The number of hydrogen-bond acceptors (Lipinski definition) is 3. The zero-order valence-corrected chi connectivity index (χ0v) is 16.7. The van der Waals surface area contributed by atoms with E-state index >= 15 is 0 Å². The molecule has 0 radical (unpaired) electrons. The predicted molar refractivity (Wildman–Crippen MR) is 108 cm³/mol. The molecule has 1 aromatic heterocycles. The average molecular weight is 355 g/mol. The molecule has 0 aliphatic carbocycles. The summed E-state index contributed by atoms with van der Waals surface area (Å²) < 4.78 is 2.30. The minimum atomic E-state index is 0.116. The summed E-state index contributed by atoms with van der Waals surface area (Å²) >= 11 is 0. The first-order valence-corrected chi connectivity index (χ1v) is 10.1. The summed E-state index contributed by atoms with van der Waals surface area (Å²) in [5.74, 6) is 0.525. The Balaban J connectivity index is 1.56. The number of nitrogens with zero attached hydrogens (tertiary/aromatic N) is 3. The van der Waals surface area contributed by atoms with E-state index in [1.165, 1.54) is 24.1 Å². The van der Waals surface area contributed by atoms with Crippen LogP contribution >= 0.6 is 0 Å². The van der Waals surface area contributed by atoms with E-state index in [1.807, 2.05) is 6.07 Å². The van der Waals surface area contributed by atoms with E-state index < -0.39 is 0 Å². The van der Waals surface area contributed by atoms with Gasteiger partial charge in [0.2, 0.25) is 0 Å². The van der Waals surface area contributed by atoms with Gasteiger partial charge in [0.05, 0.1) is 11.7 Å². The quantitative estimate of drug-likeness (QED) is 0.835. The highest BCUT2D eigenvalue weighted by Gasteiger charge is 2.27. The van der Waals surface area contributed by atoms with Gasteiger partial charge in [-0.2, -0.15) is 5.10 Å². The van der Waals surface area contributed by atoms with Gasteiger partial charge in [-0.1, -0.05) is 44.2 Å². The summed E-state index contributed by atoms with van der Waals surface area (Å²) in [6, 6.07) is 13.9. The first kappa shape index (κ1) is 19.1. The van der Waals surface area contributed by atoms with Gasteiger partial charge < -0.3 is 10.6 Å². The smallest absolute Gasteiger partial charge is 0.0596 e. The molecule has 1 aromatic carbocycles. The van der Waals surface area contributed by atoms with Crippen LogP contribution in [0.1, 0.15) is 75.0 Å². The fourth-order valence-corrected chi connectivity index (χ4v) is 4.18. The number of aryl methyl sites for hydroxylation is 1. The van der Waals surface area contributed by atoms with Gasteiger partial charge in [-0.25, -0.2) is 0 Å². The molecule has 4 heteroatoms. The molecule has 1 saturated heterocycles. The van der Waals surface area contributed by atoms with Gasteiger partial charge in [0.25, 0.3) is 0 Å². The lowest BCUT2D eigenvalue weighted by atomic mass is 9.97. The minimum Gasteiger partial charge on any atom is -0.324 e. The molecule has 2 atom stereocenters. The third kappa shape index (κ3) is 4.36. The Morgan fingerprint density at radius 2 is 1.77 bits per heavy atom. The lowest BCUT2D eigenvalue weighted by molar-refractivity contribution is 0.128. The molecular formula is C22H34N4. The molecule has 0 spiro atoms. The maximum absolute atomic E-state index is 6.44. The van der Waals surface area contributed by atoms with E-state index in [2.05, 4.69) is 67.6 Å². The summed E-state index contributed by atoms with van der Waals surface area (Å²) in [5.41, 5.74) is 10.2. The van der Waals surface area contributed by atoms with E-state index in [9.17, 15) is 0 Å². The monoisotopic (exact) mass is 354 g/mol. The lowest BCUT2D eigenvalue weighted by Crippen LogP contribution is -2.42. The molecule has 142 valence electrons. The molecule has 1 aliphatic heterocycles. The minimum absolute atomic E-state index is 0.116. The molecule has 0 bridgehead atoms. The Morgan fingerprint density at radius 3 is 2.38 bits per heavy atom. The highest BCUT2D eigenvalue weighted by molar-refractivity contribution is 5.18. The summed E-state index contributed by atoms with van der Waals surface area (Å²) in [4.78, 5) is 2.60. The highest BCUT2D eigenvalue weighted by Crippen LogP contribution is 2.29. The molecule has 4 nitrogen and oxygen atoms in total. The molecule has 3 rings (SSSR count). The van der Waals surface area contributed by atoms with Crippen LogP contribution in [0.5, 0.6) is 0 Å². The Morgan fingerprint density at radius 1 is 1.12 bits per heavy atom. The molecule has 2 aromatic rings. The van der Waals surface area contributed by atoms with E-state index in [0.29, 0.717) is 18.0 Å². The molecule has 0 saturated carbocycles. The fourth-order valence-electron chi connectivity index (χ4n) is 4.18. The maximum Gasteiger partial charge on any atom is 0.0596 e. The first-order valence-electron chi connectivity index (χ1n) is 10.1. The SMILES string of the molecule is Cc1cc(C(C)C)n(C2CCN(C(C)CC(N)c3ccccc3)CC2)n1. The second kappa shape index (κ2) is 8.36. The van der Waals surface area contributed by atoms with Gasteiger partial charge in [-0.15, -0.1) is 0 Å². The Labute approximate surface area is 158 Å². The Hall–Kier alpha value is -1.65. The number of aromatic nitrogens is 2. The van der Waals surface area contributed by atoms with Gasteiger partial charge >= 0.3 is 0 Å².